The lowest BCUT2D eigenvalue weighted by molar-refractivity contribution is 0.0941. The van der Waals surface area contributed by atoms with Crippen LogP contribution in [0.2, 0.25) is 0 Å². The molecule has 6 nitrogen and oxygen atoms in total. The summed E-state index contributed by atoms with van der Waals surface area (Å²) in [6.45, 7) is 2.93. The second-order valence-electron chi connectivity index (χ2n) is 6.29. The number of piperazine rings is 1. The summed E-state index contributed by atoms with van der Waals surface area (Å²) in [5.74, 6) is -0.992. The number of halogens is 1. The Morgan fingerprint density at radius 3 is 2.26 bits per heavy atom. The van der Waals surface area contributed by atoms with Crippen LogP contribution in [-0.2, 0) is 10.0 Å². The zero-order valence-corrected chi connectivity index (χ0v) is 15.7. The summed E-state index contributed by atoms with van der Waals surface area (Å²) in [7, 11) is -3.46. The molecule has 3 rings (SSSR count). The molecule has 1 amide bonds. The van der Waals surface area contributed by atoms with E-state index in [1.54, 1.807) is 36.4 Å². The highest BCUT2D eigenvalue weighted by atomic mass is 32.2. The van der Waals surface area contributed by atoms with Crippen molar-refractivity contribution in [3.8, 4) is 0 Å². The Morgan fingerprint density at radius 2 is 1.59 bits per heavy atom. The van der Waals surface area contributed by atoms with E-state index >= 15 is 0 Å². The van der Waals surface area contributed by atoms with Gasteiger partial charge < -0.3 is 5.32 Å². The molecule has 1 fully saturated rings. The monoisotopic (exact) mass is 391 g/mol. The van der Waals surface area contributed by atoms with Gasteiger partial charge >= 0.3 is 0 Å². The molecule has 0 aliphatic carbocycles. The number of rotatable bonds is 6. The predicted octanol–water partition coefficient (Wildman–Crippen LogP) is 1.56. The molecule has 0 aromatic heterocycles. The van der Waals surface area contributed by atoms with Crippen LogP contribution >= 0.6 is 0 Å². The molecule has 0 atom stereocenters. The highest BCUT2D eigenvalue weighted by Gasteiger charge is 2.28. The standard InChI is InChI=1S/C19H22FN3O3S/c20-18-9-5-4-8-17(18)19(24)21-10-11-22-12-14-23(15-13-22)27(25,26)16-6-2-1-3-7-16/h1-9H,10-15H2,(H,21,24). The largest absolute Gasteiger partial charge is 0.351 e. The number of hydrogen-bond acceptors (Lipinski definition) is 4. The third kappa shape index (κ3) is 4.71. The van der Waals surface area contributed by atoms with Crippen LogP contribution in [-0.4, -0.2) is 62.8 Å². The van der Waals surface area contributed by atoms with Crippen molar-refractivity contribution in [3.63, 3.8) is 0 Å². The first-order valence-electron chi connectivity index (χ1n) is 8.79. The summed E-state index contributed by atoms with van der Waals surface area (Å²) in [5, 5.41) is 2.70. The maximum Gasteiger partial charge on any atom is 0.254 e. The van der Waals surface area contributed by atoms with E-state index in [1.807, 2.05) is 0 Å². The molecule has 1 N–H and O–H groups in total. The summed E-state index contributed by atoms with van der Waals surface area (Å²) in [5.41, 5.74) is 0.0243. The third-order valence-corrected chi connectivity index (χ3v) is 6.46. The van der Waals surface area contributed by atoms with E-state index in [9.17, 15) is 17.6 Å². The highest BCUT2D eigenvalue weighted by molar-refractivity contribution is 7.89. The number of nitrogens with one attached hydrogen (secondary N) is 1. The number of hydrogen-bond donors (Lipinski definition) is 1. The Kier molecular flexibility index (Phi) is 6.20. The minimum absolute atomic E-state index is 0.0243. The maximum absolute atomic E-state index is 13.6. The fourth-order valence-electron chi connectivity index (χ4n) is 3.00. The molecule has 0 saturated carbocycles. The number of amides is 1. The molecule has 0 spiro atoms. The minimum atomic E-state index is -3.46. The van der Waals surface area contributed by atoms with Crippen LogP contribution in [0.15, 0.2) is 59.5 Å². The summed E-state index contributed by atoms with van der Waals surface area (Å²) in [6.07, 6.45) is 0. The van der Waals surface area contributed by atoms with Gasteiger partial charge in [-0.15, -0.1) is 0 Å². The average molecular weight is 391 g/mol. The number of sulfonamides is 1. The molecule has 1 aliphatic rings. The SMILES string of the molecule is O=C(NCCN1CCN(S(=O)(=O)c2ccccc2)CC1)c1ccccc1F. The van der Waals surface area contributed by atoms with Crippen molar-refractivity contribution in [1.29, 1.82) is 0 Å². The molecule has 0 bridgehead atoms. The predicted molar refractivity (Wildman–Crippen MR) is 100 cm³/mol. The van der Waals surface area contributed by atoms with Crippen LogP contribution in [0.1, 0.15) is 10.4 Å². The lowest BCUT2D eigenvalue weighted by Gasteiger charge is -2.33. The molecule has 144 valence electrons. The van der Waals surface area contributed by atoms with E-state index < -0.39 is 21.7 Å². The van der Waals surface area contributed by atoms with Crippen LogP contribution < -0.4 is 5.32 Å². The molecule has 27 heavy (non-hydrogen) atoms. The van der Waals surface area contributed by atoms with E-state index in [-0.39, 0.29) is 5.56 Å². The van der Waals surface area contributed by atoms with Gasteiger partial charge in [-0.25, -0.2) is 12.8 Å². The molecule has 0 radical (unpaired) electrons. The summed E-state index contributed by atoms with van der Waals surface area (Å²) < 4.78 is 40.3. The molecule has 1 saturated heterocycles. The van der Waals surface area contributed by atoms with Crippen molar-refractivity contribution in [3.05, 3.63) is 66.0 Å². The number of nitrogens with zero attached hydrogens (tertiary/aromatic N) is 2. The van der Waals surface area contributed by atoms with Crippen LogP contribution in [0.25, 0.3) is 0 Å². The normalized spacial score (nSPS) is 16.2. The van der Waals surface area contributed by atoms with Gasteiger partial charge in [-0.1, -0.05) is 30.3 Å². The van der Waals surface area contributed by atoms with Crippen LogP contribution in [0.4, 0.5) is 4.39 Å². The lowest BCUT2D eigenvalue weighted by Crippen LogP contribution is -2.50. The van der Waals surface area contributed by atoms with Gasteiger partial charge in [-0.3, -0.25) is 9.69 Å². The molecule has 0 unspecified atom stereocenters. The van der Waals surface area contributed by atoms with Crippen LogP contribution in [0, 0.1) is 5.82 Å². The lowest BCUT2D eigenvalue weighted by atomic mass is 10.2. The molecule has 8 heteroatoms. The Balaban J connectivity index is 1.46. The number of carbonyl (C=O) groups excluding carboxylic acids is 1. The molecule has 1 heterocycles. The van der Waals surface area contributed by atoms with Gasteiger partial charge in [-0.05, 0) is 24.3 Å². The molecule has 2 aromatic carbocycles. The van der Waals surface area contributed by atoms with Gasteiger partial charge in [0.1, 0.15) is 5.82 Å². The van der Waals surface area contributed by atoms with Crippen LogP contribution in [0.3, 0.4) is 0 Å². The van der Waals surface area contributed by atoms with Crippen molar-refractivity contribution in [2.24, 2.45) is 0 Å². The van der Waals surface area contributed by atoms with E-state index in [0.717, 1.165) is 0 Å². The van der Waals surface area contributed by atoms with E-state index in [4.69, 9.17) is 0 Å². The Morgan fingerprint density at radius 1 is 0.963 bits per heavy atom. The van der Waals surface area contributed by atoms with Gasteiger partial charge in [0.15, 0.2) is 0 Å². The zero-order valence-electron chi connectivity index (χ0n) is 14.8. The second-order valence-corrected chi connectivity index (χ2v) is 8.23. The van der Waals surface area contributed by atoms with Gasteiger partial charge in [0.2, 0.25) is 10.0 Å². The van der Waals surface area contributed by atoms with Crippen molar-refractivity contribution >= 4 is 15.9 Å². The molecular formula is C19H22FN3O3S. The zero-order chi connectivity index (χ0) is 19.3. The highest BCUT2D eigenvalue weighted by Crippen LogP contribution is 2.17. The topological polar surface area (TPSA) is 69.7 Å². The number of benzene rings is 2. The van der Waals surface area contributed by atoms with Crippen molar-refractivity contribution in [2.45, 2.75) is 4.90 Å². The first kappa shape index (κ1) is 19.5. The second kappa shape index (κ2) is 8.60. The minimum Gasteiger partial charge on any atom is -0.351 e. The van der Waals surface area contributed by atoms with Crippen molar-refractivity contribution < 1.29 is 17.6 Å². The Bertz CT molecular complexity index is 882. The molecular weight excluding hydrogens is 369 g/mol. The fraction of sp³-hybridized carbons (Fsp3) is 0.316. The first-order chi connectivity index (χ1) is 13.0. The Hall–Kier alpha value is -2.29. The fourth-order valence-corrected chi connectivity index (χ4v) is 4.45. The van der Waals surface area contributed by atoms with Crippen molar-refractivity contribution in [1.82, 2.24) is 14.5 Å². The third-order valence-electron chi connectivity index (χ3n) is 4.54. The van der Waals surface area contributed by atoms with Crippen molar-refractivity contribution in [2.75, 3.05) is 39.3 Å². The molecule has 2 aromatic rings. The van der Waals surface area contributed by atoms with Gasteiger partial charge in [0.25, 0.3) is 5.91 Å². The van der Waals surface area contributed by atoms with E-state index in [2.05, 4.69) is 10.2 Å². The smallest absolute Gasteiger partial charge is 0.254 e. The van der Waals surface area contributed by atoms with E-state index in [0.29, 0.717) is 44.2 Å². The summed E-state index contributed by atoms with van der Waals surface area (Å²) in [6, 6.07) is 14.2. The van der Waals surface area contributed by atoms with Gasteiger partial charge in [0.05, 0.1) is 10.5 Å². The molecule has 1 aliphatic heterocycles. The summed E-state index contributed by atoms with van der Waals surface area (Å²) in [4.78, 5) is 14.4. The van der Waals surface area contributed by atoms with Gasteiger partial charge in [-0.2, -0.15) is 4.31 Å². The van der Waals surface area contributed by atoms with Crippen LogP contribution in [0.5, 0.6) is 0 Å². The van der Waals surface area contributed by atoms with E-state index in [1.165, 1.54) is 22.5 Å². The average Bonchev–Trinajstić information content (AvgIpc) is 2.69. The Labute approximate surface area is 158 Å². The quantitative estimate of drug-likeness (QED) is 0.812. The first-order valence-corrected chi connectivity index (χ1v) is 10.2. The van der Waals surface area contributed by atoms with Gasteiger partial charge in [0, 0.05) is 39.3 Å². The maximum atomic E-state index is 13.6. The summed E-state index contributed by atoms with van der Waals surface area (Å²) >= 11 is 0. The number of carbonyl (C=O) groups is 1.